The molecule has 0 radical (unpaired) electrons. The van der Waals surface area contributed by atoms with Crippen molar-refractivity contribution in [1.29, 1.82) is 0 Å². The first-order chi connectivity index (χ1) is 13.4. The van der Waals surface area contributed by atoms with Crippen LogP contribution >= 0.6 is 0 Å². The Balaban J connectivity index is 1.87. The van der Waals surface area contributed by atoms with Gasteiger partial charge in [0.15, 0.2) is 0 Å². The lowest BCUT2D eigenvalue weighted by molar-refractivity contribution is -0.125. The van der Waals surface area contributed by atoms with E-state index in [0.29, 0.717) is 11.4 Å². The van der Waals surface area contributed by atoms with Gasteiger partial charge in [0.25, 0.3) is 0 Å². The lowest BCUT2D eigenvalue weighted by atomic mass is 10.0. The number of rotatable bonds is 5. The van der Waals surface area contributed by atoms with Gasteiger partial charge in [0, 0.05) is 12.5 Å². The third-order valence-corrected chi connectivity index (χ3v) is 4.84. The number of anilines is 2. The van der Waals surface area contributed by atoms with Gasteiger partial charge in [0.2, 0.25) is 17.7 Å². The standard InChI is InChI=1S/C21H24N4O3/c1-14-12-18(26)23-16-10-6-7-11-17(16)25(14)19(27)13-24(2)20(21(22)28)15-8-4-3-5-9-15/h3-11,14,20H,12-13H2,1-2H3,(H2,22,28)(H,23,26)/t14-,20-/m1/s1. The molecule has 0 aromatic heterocycles. The van der Waals surface area contributed by atoms with E-state index in [-0.39, 0.29) is 30.8 Å². The summed E-state index contributed by atoms with van der Waals surface area (Å²) >= 11 is 0. The zero-order valence-electron chi connectivity index (χ0n) is 16.0. The number of carbonyl (C=O) groups excluding carboxylic acids is 3. The van der Waals surface area contributed by atoms with E-state index < -0.39 is 11.9 Å². The van der Waals surface area contributed by atoms with Crippen molar-refractivity contribution >= 4 is 29.1 Å². The second-order valence-electron chi connectivity index (χ2n) is 7.01. The number of hydrogen-bond donors (Lipinski definition) is 2. The molecular formula is C21H24N4O3. The van der Waals surface area contributed by atoms with E-state index in [9.17, 15) is 14.4 Å². The molecule has 0 bridgehead atoms. The third kappa shape index (κ3) is 4.04. The van der Waals surface area contributed by atoms with Crippen LogP contribution < -0.4 is 16.0 Å². The minimum Gasteiger partial charge on any atom is -0.368 e. The van der Waals surface area contributed by atoms with Gasteiger partial charge in [-0.1, -0.05) is 42.5 Å². The summed E-state index contributed by atoms with van der Waals surface area (Å²) < 4.78 is 0. The predicted molar refractivity (Wildman–Crippen MR) is 108 cm³/mol. The van der Waals surface area contributed by atoms with Gasteiger partial charge in [-0.2, -0.15) is 0 Å². The van der Waals surface area contributed by atoms with Crippen molar-refractivity contribution in [1.82, 2.24) is 4.90 Å². The Morgan fingerprint density at radius 2 is 1.82 bits per heavy atom. The van der Waals surface area contributed by atoms with Crippen LogP contribution in [0.5, 0.6) is 0 Å². The molecule has 1 heterocycles. The minimum absolute atomic E-state index is 0.0185. The normalized spacial score (nSPS) is 17.5. The molecule has 2 atom stereocenters. The van der Waals surface area contributed by atoms with Crippen molar-refractivity contribution in [2.45, 2.75) is 25.4 Å². The number of likely N-dealkylation sites (N-methyl/N-ethyl adjacent to an activating group) is 1. The van der Waals surface area contributed by atoms with E-state index in [1.165, 1.54) is 0 Å². The fraction of sp³-hybridized carbons (Fsp3) is 0.286. The second kappa shape index (κ2) is 8.22. The monoisotopic (exact) mass is 380 g/mol. The zero-order valence-corrected chi connectivity index (χ0v) is 16.0. The third-order valence-electron chi connectivity index (χ3n) is 4.84. The number of benzene rings is 2. The molecule has 2 aromatic rings. The highest BCUT2D eigenvalue weighted by Crippen LogP contribution is 2.31. The second-order valence-corrected chi connectivity index (χ2v) is 7.01. The quantitative estimate of drug-likeness (QED) is 0.828. The van der Waals surface area contributed by atoms with E-state index in [1.807, 2.05) is 49.4 Å². The average molecular weight is 380 g/mol. The first-order valence-corrected chi connectivity index (χ1v) is 9.14. The molecule has 3 rings (SSSR count). The molecule has 2 aromatic carbocycles. The van der Waals surface area contributed by atoms with Crippen molar-refractivity contribution in [2.75, 3.05) is 23.8 Å². The van der Waals surface area contributed by atoms with Crippen molar-refractivity contribution in [2.24, 2.45) is 5.73 Å². The maximum Gasteiger partial charge on any atom is 0.241 e. The fourth-order valence-electron chi connectivity index (χ4n) is 3.62. The van der Waals surface area contributed by atoms with Gasteiger partial charge < -0.3 is 16.0 Å². The molecule has 28 heavy (non-hydrogen) atoms. The number of nitrogens with two attached hydrogens (primary N) is 1. The Bertz CT molecular complexity index is 884. The van der Waals surface area contributed by atoms with Gasteiger partial charge in [-0.3, -0.25) is 19.3 Å². The number of nitrogens with zero attached hydrogens (tertiary/aromatic N) is 2. The summed E-state index contributed by atoms with van der Waals surface area (Å²) in [5.41, 5.74) is 7.59. The van der Waals surface area contributed by atoms with Crippen molar-refractivity contribution in [3.8, 4) is 0 Å². The van der Waals surface area contributed by atoms with Crippen LogP contribution in [0.2, 0.25) is 0 Å². The fourth-order valence-corrected chi connectivity index (χ4v) is 3.62. The maximum absolute atomic E-state index is 13.2. The Hall–Kier alpha value is -3.19. The molecule has 7 heteroatoms. The van der Waals surface area contributed by atoms with Crippen LogP contribution in [0.1, 0.15) is 24.9 Å². The Labute approximate surface area is 164 Å². The molecule has 7 nitrogen and oxygen atoms in total. The van der Waals surface area contributed by atoms with E-state index in [1.54, 1.807) is 29.0 Å². The lowest BCUT2D eigenvalue weighted by Gasteiger charge is -2.31. The summed E-state index contributed by atoms with van der Waals surface area (Å²) in [4.78, 5) is 40.6. The summed E-state index contributed by atoms with van der Waals surface area (Å²) in [6.07, 6.45) is 0.196. The van der Waals surface area contributed by atoms with E-state index in [0.717, 1.165) is 5.56 Å². The Kier molecular flexibility index (Phi) is 5.75. The van der Waals surface area contributed by atoms with Gasteiger partial charge in [-0.25, -0.2) is 0 Å². The summed E-state index contributed by atoms with van der Waals surface area (Å²) in [7, 11) is 1.69. The SMILES string of the molecule is C[C@@H]1CC(=O)Nc2ccccc2N1C(=O)CN(C)[C@@H](C(N)=O)c1ccccc1. The molecule has 3 amide bonds. The highest BCUT2D eigenvalue weighted by molar-refractivity contribution is 6.05. The number of hydrogen-bond acceptors (Lipinski definition) is 4. The van der Waals surface area contributed by atoms with E-state index >= 15 is 0 Å². The first-order valence-electron chi connectivity index (χ1n) is 9.14. The largest absolute Gasteiger partial charge is 0.368 e. The average Bonchev–Trinajstić information content (AvgIpc) is 2.76. The van der Waals surface area contributed by atoms with Crippen LogP contribution in [0.4, 0.5) is 11.4 Å². The molecular weight excluding hydrogens is 356 g/mol. The van der Waals surface area contributed by atoms with Crippen LogP contribution in [0.25, 0.3) is 0 Å². The summed E-state index contributed by atoms with van der Waals surface area (Å²) in [5, 5.41) is 2.84. The number of para-hydroxylation sites is 2. The molecule has 0 saturated carbocycles. The van der Waals surface area contributed by atoms with Gasteiger partial charge in [0.1, 0.15) is 6.04 Å². The predicted octanol–water partition coefficient (Wildman–Crippen LogP) is 1.91. The number of amides is 3. The highest BCUT2D eigenvalue weighted by atomic mass is 16.2. The summed E-state index contributed by atoms with van der Waals surface area (Å²) in [6.45, 7) is 1.82. The molecule has 0 aliphatic carbocycles. The molecule has 0 spiro atoms. The smallest absolute Gasteiger partial charge is 0.241 e. The van der Waals surface area contributed by atoms with E-state index in [2.05, 4.69) is 5.32 Å². The molecule has 0 saturated heterocycles. The number of nitrogens with one attached hydrogen (secondary N) is 1. The van der Waals surface area contributed by atoms with Crippen LogP contribution in [0, 0.1) is 0 Å². The van der Waals surface area contributed by atoms with Gasteiger partial charge >= 0.3 is 0 Å². The van der Waals surface area contributed by atoms with Gasteiger partial charge in [-0.05, 0) is 31.7 Å². The van der Waals surface area contributed by atoms with Crippen LogP contribution in [0.3, 0.4) is 0 Å². The molecule has 1 aliphatic rings. The van der Waals surface area contributed by atoms with Crippen LogP contribution in [-0.4, -0.2) is 42.3 Å². The number of fused-ring (bicyclic) bond motifs is 1. The Morgan fingerprint density at radius 3 is 2.50 bits per heavy atom. The molecule has 1 aliphatic heterocycles. The van der Waals surface area contributed by atoms with Crippen LogP contribution in [-0.2, 0) is 14.4 Å². The molecule has 146 valence electrons. The summed E-state index contributed by atoms with van der Waals surface area (Å²) in [5.74, 6) is -0.869. The van der Waals surface area contributed by atoms with E-state index in [4.69, 9.17) is 5.73 Å². The highest BCUT2D eigenvalue weighted by Gasteiger charge is 2.32. The Morgan fingerprint density at radius 1 is 1.18 bits per heavy atom. The van der Waals surface area contributed by atoms with Gasteiger partial charge in [0.05, 0.1) is 17.9 Å². The number of carbonyl (C=O) groups is 3. The first kappa shape index (κ1) is 19.6. The van der Waals surface area contributed by atoms with Crippen molar-refractivity contribution < 1.29 is 14.4 Å². The van der Waals surface area contributed by atoms with Gasteiger partial charge in [-0.15, -0.1) is 0 Å². The molecule has 0 fully saturated rings. The maximum atomic E-state index is 13.2. The topological polar surface area (TPSA) is 95.7 Å². The summed E-state index contributed by atoms with van der Waals surface area (Å²) in [6, 6.07) is 15.3. The molecule has 3 N–H and O–H groups in total. The van der Waals surface area contributed by atoms with Crippen LogP contribution in [0.15, 0.2) is 54.6 Å². The zero-order chi connectivity index (χ0) is 20.3. The molecule has 0 unspecified atom stereocenters. The lowest BCUT2D eigenvalue weighted by Crippen LogP contribution is -2.46. The van der Waals surface area contributed by atoms with Crippen molar-refractivity contribution in [3.63, 3.8) is 0 Å². The van der Waals surface area contributed by atoms with Crippen molar-refractivity contribution in [3.05, 3.63) is 60.2 Å². The number of primary amides is 1. The minimum atomic E-state index is -0.720.